The maximum absolute atomic E-state index is 11.6. The van der Waals surface area contributed by atoms with E-state index >= 15 is 0 Å². The molecule has 4 heteroatoms. The summed E-state index contributed by atoms with van der Waals surface area (Å²) >= 11 is 0. The van der Waals surface area contributed by atoms with Gasteiger partial charge in [0.15, 0.2) is 0 Å². The van der Waals surface area contributed by atoms with E-state index in [0.29, 0.717) is 6.54 Å². The molecule has 0 radical (unpaired) electrons. The Balaban J connectivity index is 1.98. The van der Waals surface area contributed by atoms with Gasteiger partial charge in [-0.1, -0.05) is 51.9 Å². The maximum atomic E-state index is 11.6. The van der Waals surface area contributed by atoms with Crippen molar-refractivity contribution in [2.75, 3.05) is 6.54 Å². The first kappa shape index (κ1) is 16.0. The molecule has 4 nitrogen and oxygen atoms in total. The highest BCUT2D eigenvalue weighted by Crippen LogP contribution is 2.17. The van der Waals surface area contributed by atoms with Gasteiger partial charge in [-0.2, -0.15) is 0 Å². The van der Waals surface area contributed by atoms with Gasteiger partial charge in [-0.25, -0.2) is 0 Å². The first-order valence-corrected chi connectivity index (χ1v) is 7.82. The van der Waals surface area contributed by atoms with E-state index in [0.717, 1.165) is 38.5 Å². The lowest BCUT2D eigenvalue weighted by atomic mass is 10.1. The molecule has 0 aliphatic heterocycles. The fourth-order valence-electron chi connectivity index (χ4n) is 2.51. The fraction of sp³-hybridized carbons (Fsp3) is 0.867. The van der Waals surface area contributed by atoms with Crippen molar-refractivity contribution in [3.8, 4) is 0 Å². The molecular formula is C15H28N2O2. The van der Waals surface area contributed by atoms with Gasteiger partial charge in [0.2, 0.25) is 0 Å². The van der Waals surface area contributed by atoms with Gasteiger partial charge in [0, 0.05) is 12.6 Å². The second-order valence-electron chi connectivity index (χ2n) is 5.48. The van der Waals surface area contributed by atoms with Crippen LogP contribution in [-0.4, -0.2) is 24.4 Å². The molecule has 1 aliphatic rings. The van der Waals surface area contributed by atoms with E-state index in [1.165, 1.54) is 25.7 Å². The number of carbonyl (C=O) groups is 2. The van der Waals surface area contributed by atoms with Crippen LogP contribution in [0.2, 0.25) is 0 Å². The van der Waals surface area contributed by atoms with Crippen molar-refractivity contribution in [1.29, 1.82) is 0 Å². The third-order valence-corrected chi connectivity index (χ3v) is 3.71. The highest BCUT2D eigenvalue weighted by molar-refractivity contribution is 6.35. The van der Waals surface area contributed by atoms with Crippen LogP contribution in [0.15, 0.2) is 0 Å². The number of hydrogen-bond acceptors (Lipinski definition) is 2. The zero-order valence-corrected chi connectivity index (χ0v) is 12.2. The lowest BCUT2D eigenvalue weighted by molar-refractivity contribution is -0.139. The van der Waals surface area contributed by atoms with Crippen molar-refractivity contribution in [1.82, 2.24) is 10.6 Å². The zero-order chi connectivity index (χ0) is 13.9. The summed E-state index contributed by atoms with van der Waals surface area (Å²) in [6.45, 7) is 2.81. The van der Waals surface area contributed by atoms with Gasteiger partial charge in [0.05, 0.1) is 0 Å². The Labute approximate surface area is 116 Å². The molecule has 1 saturated carbocycles. The topological polar surface area (TPSA) is 58.2 Å². The fourth-order valence-corrected chi connectivity index (χ4v) is 2.51. The molecule has 0 heterocycles. The van der Waals surface area contributed by atoms with Gasteiger partial charge in [0.25, 0.3) is 0 Å². The number of amides is 2. The van der Waals surface area contributed by atoms with Crippen molar-refractivity contribution < 1.29 is 9.59 Å². The van der Waals surface area contributed by atoms with Crippen LogP contribution in [0.3, 0.4) is 0 Å². The van der Waals surface area contributed by atoms with Gasteiger partial charge in [-0.05, 0) is 19.3 Å². The Kier molecular flexibility index (Phi) is 8.26. The summed E-state index contributed by atoms with van der Waals surface area (Å²) in [6, 6.07) is 0.215. The predicted molar refractivity (Wildman–Crippen MR) is 76.8 cm³/mol. The quantitative estimate of drug-likeness (QED) is 0.525. The Hall–Kier alpha value is -1.06. The first-order chi connectivity index (χ1) is 9.24. The van der Waals surface area contributed by atoms with Gasteiger partial charge < -0.3 is 10.6 Å². The highest BCUT2D eigenvalue weighted by Gasteiger charge is 2.20. The molecule has 2 amide bonds. The van der Waals surface area contributed by atoms with Gasteiger partial charge in [0.1, 0.15) is 0 Å². The molecule has 0 unspecified atom stereocenters. The van der Waals surface area contributed by atoms with E-state index in [1.807, 2.05) is 0 Å². The molecule has 0 spiro atoms. The van der Waals surface area contributed by atoms with Crippen molar-refractivity contribution in [3.63, 3.8) is 0 Å². The van der Waals surface area contributed by atoms with Crippen LogP contribution < -0.4 is 10.6 Å². The van der Waals surface area contributed by atoms with E-state index in [9.17, 15) is 9.59 Å². The lowest BCUT2D eigenvalue weighted by Gasteiger charge is -2.11. The van der Waals surface area contributed by atoms with Gasteiger partial charge in [-0.15, -0.1) is 0 Å². The minimum absolute atomic E-state index is 0.215. The van der Waals surface area contributed by atoms with Crippen LogP contribution in [-0.2, 0) is 9.59 Å². The first-order valence-electron chi connectivity index (χ1n) is 7.82. The molecule has 2 N–H and O–H groups in total. The van der Waals surface area contributed by atoms with Crippen LogP contribution in [0.5, 0.6) is 0 Å². The van der Waals surface area contributed by atoms with Crippen LogP contribution in [0.25, 0.3) is 0 Å². The SMILES string of the molecule is CCCCCCCCNC(=O)C(=O)NC1CCCC1. The average molecular weight is 268 g/mol. The van der Waals surface area contributed by atoms with Crippen molar-refractivity contribution >= 4 is 11.8 Å². The Morgan fingerprint density at radius 2 is 1.58 bits per heavy atom. The molecule has 0 aromatic heterocycles. The van der Waals surface area contributed by atoms with E-state index in [-0.39, 0.29) is 6.04 Å². The Bertz CT molecular complexity index is 273. The van der Waals surface area contributed by atoms with Crippen molar-refractivity contribution in [3.05, 3.63) is 0 Å². The van der Waals surface area contributed by atoms with Crippen LogP contribution in [0.1, 0.15) is 71.1 Å². The summed E-state index contributed by atoms with van der Waals surface area (Å²) in [7, 11) is 0. The van der Waals surface area contributed by atoms with Crippen molar-refractivity contribution in [2.45, 2.75) is 77.2 Å². The highest BCUT2D eigenvalue weighted by atomic mass is 16.2. The molecular weight excluding hydrogens is 240 g/mol. The third-order valence-electron chi connectivity index (χ3n) is 3.71. The largest absolute Gasteiger partial charge is 0.348 e. The third kappa shape index (κ3) is 7.19. The zero-order valence-electron chi connectivity index (χ0n) is 12.2. The molecule has 0 aromatic rings. The number of nitrogens with one attached hydrogen (secondary N) is 2. The maximum Gasteiger partial charge on any atom is 0.309 e. The molecule has 110 valence electrons. The van der Waals surface area contributed by atoms with E-state index in [4.69, 9.17) is 0 Å². The summed E-state index contributed by atoms with van der Waals surface area (Å²) in [6.07, 6.45) is 11.5. The van der Waals surface area contributed by atoms with E-state index < -0.39 is 11.8 Å². The minimum atomic E-state index is -0.472. The molecule has 0 saturated heterocycles. The minimum Gasteiger partial charge on any atom is -0.348 e. The molecule has 0 atom stereocenters. The number of unbranched alkanes of at least 4 members (excludes halogenated alkanes) is 5. The Morgan fingerprint density at radius 3 is 2.26 bits per heavy atom. The lowest BCUT2D eigenvalue weighted by Crippen LogP contribution is -2.43. The second kappa shape index (κ2) is 9.82. The van der Waals surface area contributed by atoms with E-state index in [2.05, 4.69) is 17.6 Å². The van der Waals surface area contributed by atoms with Crippen molar-refractivity contribution in [2.24, 2.45) is 0 Å². The molecule has 0 bridgehead atoms. The standard InChI is InChI=1S/C15H28N2O2/c1-2-3-4-5-6-9-12-16-14(18)15(19)17-13-10-7-8-11-13/h13H,2-12H2,1H3,(H,16,18)(H,17,19). The summed E-state index contributed by atoms with van der Waals surface area (Å²) < 4.78 is 0. The normalized spacial score (nSPS) is 15.4. The number of carbonyl (C=O) groups excluding carboxylic acids is 2. The van der Waals surface area contributed by atoms with Gasteiger partial charge in [-0.3, -0.25) is 9.59 Å². The predicted octanol–water partition coefficient (Wildman–Crippen LogP) is 2.52. The van der Waals surface area contributed by atoms with Crippen LogP contribution in [0, 0.1) is 0 Å². The van der Waals surface area contributed by atoms with E-state index in [1.54, 1.807) is 0 Å². The monoisotopic (exact) mass is 268 g/mol. The Morgan fingerprint density at radius 1 is 0.947 bits per heavy atom. The van der Waals surface area contributed by atoms with Crippen LogP contribution in [0.4, 0.5) is 0 Å². The van der Waals surface area contributed by atoms with Crippen LogP contribution >= 0.6 is 0 Å². The summed E-state index contributed by atoms with van der Waals surface area (Å²) in [5.41, 5.74) is 0. The smallest absolute Gasteiger partial charge is 0.309 e. The number of rotatable bonds is 8. The molecule has 19 heavy (non-hydrogen) atoms. The molecule has 1 rings (SSSR count). The number of hydrogen-bond donors (Lipinski definition) is 2. The molecule has 1 fully saturated rings. The summed E-state index contributed by atoms with van der Waals surface area (Å²) in [5.74, 6) is -0.932. The molecule has 1 aliphatic carbocycles. The summed E-state index contributed by atoms with van der Waals surface area (Å²) in [5, 5.41) is 5.49. The average Bonchev–Trinajstić information content (AvgIpc) is 2.90. The van der Waals surface area contributed by atoms with Gasteiger partial charge >= 0.3 is 11.8 Å². The molecule has 0 aromatic carbocycles. The second-order valence-corrected chi connectivity index (χ2v) is 5.48. The summed E-state index contributed by atoms with van der Waals surface area (Å²) in [4.78, 5) is 23.1.